The maximum atomic E-state index is 13.7. The monoisotopic (exact) mass is 483 g/mol. The minimum atomic E-state index is -0.519. The summed E-state index contributed by atoms with van der Waals surface area (Å²) in [6, 6.07) is 5.91. The van der Waals surface area contributed by atoms with Gasteiger partial charge in [-0.2, -0.15) is 0 Å². The van der Waals surface area contributed by atoms with Crippen LogP contribution in [0.2, 0.25) is 0 Å². The van der Waals surface area contributed by atoms with Crippen LogP contribution in [0.3, 0.4) is 0 Å². The summed E-state index contributed by atoms with van der Waals surface area (Å²) in [5, 5.41) is 2.87. The summed E-state index contributed by atoms with van der Waals surface area (Å²) in [7, 11) is 1.57. The lowest BCUT2D eigenvalue weighted by Gasteiger charge is -2.12. The van der Waals surface area contributed by atoms with Crippen molar-refractivity contribution in [2.75, 3.05) is 12.4 Å². The molecule has 0 aliphatic rings. The molecule has 0 fully saturated rings. The van der Waals surface area contributed by atoms with Crippen molar-refractivity contribution in [2.24, 2.45) is 0 Å². The van der Waals surface area contributed by atoms with Crippen LogP contribution in [-0.4, -0.2) is 7.11 Å². The average Bonchev–Trinajstić information content (AvgIpc) is 2.41. The van der Waals surface area contributed by atoms with Crippen molar-refractivity contribution in [3.05, 3.63) is 54.9 Å². The van der Waals surface area contributed by atoms with E-state index in [-0.39, 0.29) is 10.2 Å². The zero-order valence-electron chi connectivity index (χ0n) is 10.8. The number of benzene rings is 2. The lowest BCUT2D eigenvalue weighted by atomic mass is 10.2. The van der Waals surface area contributed by atoms with Crippen molar-refractivity contribution in [1.82, 2.24) is 0 Å². The van der Waals surface area contributed by atoms with E-state index in [2.05, 4.69) is 53.1 Å². The molecule has 0 aromatic heterocycles. The molecular weight excluding hydrogens is 476 g/mol. The zero-order valence-corrected chi connectivity index (χ0v) is 15.6. The first-order valence-corrected chi connectivity index (χ1v) is 8.20. The molecule has 0 unspecified atom stereocenters. The smallest absolute Gasteiger partial charge is 0.147 e. The summed E-state index contributed by atoms with van der Waals surface area (Å²) in [6.07, 6.45) is 0. The Kier molecular flexibility index (Phi) is 5.62. The van der Waals surface area contributed by atoms with E-state index in [0.29, 0.717) is 12.3 Å². The Morgan fingerprint density at radius 1 is 0.952 bits per heavy atom. The second kappa shape index (κ2) is 7.07. The third kappa shape index (κ3) is 3.96. The summed E-state index contributed by atoms with van der Waals surface area (Å²) in [5.74, 6) is -0.356. The van der Waals surface area contributed by atoms with Gasteiger partial charge < -0.3 is 10.1 Å². The Bertz CT molecular complexity index is 657. The Morgan fingerprint density at radius 3 is 2.14 bits per heavy atom. The van der Waals surface area contributed by atoms with E-state index < -0.39 is 11.6 Å². The van der Waals surface area contributed by atoms with Gasteiger partial charge in [0.25, 0.3) is 0 Å². The van der Waals surface area contributed by atoms with Crippen LogP contribution in [-0.2, 0) is 6.54 Å². The molecule has 0 saturated heterocycles. The molecule has 0 bridgehead atoms. The molecule has 1 N–H and O–H groups in total. The van der Waals surface area contributed by atoms with Crippen molar-refractivity contribution in [3.8, 4) is 5.75 Å². The molecule has 0 aliphatic carbocycles. The summed E-state index contributed by atoms with van der Waals surface area (Å²) in [5.41, 5.74) is 0.996. The lowest BCUT2D eigenvalue weighted by molar-refractivity contribution is 0.409. The first kappa shape index (κ1) is 16.7. The number of hydrogen-bond acceptors (Lipinski definition) is 2. The van der Waals surface area contributed by atoms with Crippen molar-refractivity contribution in [2.45, 2.75) is 6.54 Å². The van der Waals surface area contributed by atoms with Crippen LogP contribution in [0.25, 0.3) is 0 Å². The molecule has 0 radical (unpaired) electrons. The average molecular weight is 486 g/mol. The van der Waals surface area contributed by atoms with Gasteiger partial charge in [0.1, 0.15) is 17.4 Å². The summed E-state index contributed by atoms with van der Waals surface area (Å²) >= 11 is 9.74. The van der Waals surface area contributed by atoms with Gasteiger partial charge in [-0.25, -0.2) is 8.78 Å². The van der Waals surface area contributed by atoms with Gasteiger partial charge in [0.05, 0.1) is 26.2 Å². The third-order valence-electron chi connectivity index (χ3n) is 2.76. The molecule has 112 valence electrons. The molecule has 21 heavy (non-hydrogen) atoms. The molecule has 2 nitrogen and oxygen atoms in total. The first-order chi connectivity index (χ1) is 9.92. The maximum Gasteiger partial charge on any atom is 0.147 e. The Hall–Kier alpha value is -0.660. The van der Waals surface area contributed by atoms with E-state index in [1.165, 1.54) is 0 Å². The predicted molar refractivity (Wildman–Crippen MR) is 89.8 cm³/mol. The van der Waals surface area contributed by atoms with Gasteiger partial charge in [-0.1, -0.05) is 0 Å². The number of ether oxygens (including phenoxy) is 1. The molecule has 0 aliphatic heterocycles. The van der Waals surface area contributed by atoms with E-state index >= 15 is 0 Å². The Labute approximate surface area is 146 Å². The summed E-state index contributed by atoms with van der Waals surface area (Å²) in [4.78, 5) is 0. The maximum absolute atomic E-state index is 13.7. The van der Waals surface area contributed by atoms with Crippen molar-refractivity contribution < 1.29 is 13.5 Å². The number of anilines is 1. The van der Waals surface area contributed by atoms with Crippen molar-refractivity contribution in [1.29, 1.82) is 0 Å². The second-order valence-corrected chi connectivity index (χ2v) is 6.76. The van der Waals surface area contributed by atoms with Crippen LogP contribution < -0.4 is 10.1 Å². The highest BCUT2D eigenvalue weighted by Gasteiger charge is 2.10. The van der Waals surface area contributed by atoms with Crippen LogP contribution in [0, 0.1) is 11.6 Å². The highest BCUT2D eigenvalue weighted by Crippen LogP contribution is 2.34. The molecule has 0 atom stereocenters. The van der Waals surface area contributed by atoms with Gasteiger partial charge in [0.2, 0.25) is 0 Å². The Morgan fingerprint density at radius 2 is 1.57 bits per heavy atom. The number of nitrogens with one attached hydrogen (secondary N) is 1. The topological polar surface area (TPSA) is 21.3 Å². The molecule has 0 amide bonds. The molecule has 2 aromatic carbocycles. The molecule has 0 heterocycles. The molecule has 0 spiro atoms. The standard InChI is InChI=1S/C14H10Br3F2NO/c1-21-14-9(16)2-7(3-10(14)17)6-20-13-5-11(18)8(15)4-12(13)19/h2-5,20H,6H2,1H3. The van der Waals surface area contributed by atoms with Gasteiger partial charge in [0, 0.05) is 12.6 Å². The third-order valence-corrected chi connectivity index (χ3v) is 4.54. The first-order valence-electron chi connectivity index (χ1n) is 5.82. The lowest BCUT2D eigenvalue weighted by Crippen LogP contribution is -2.03. The van der Waals surface area contributed by atoms with Crippen LogP contribution >= 0.6 is 47.8 Å². The van der Waals surface area contributed by atoms with E-state index in [1.54, 1.807) is 7.11 Å². The summed E-state index contributed by atoms with van der Waals surface area (Å²) in [6.45, 7) is 0.346. The SMILES string of the molecule is COc1c(Br)cc(CNc2cc(F)c(Br)cc2F)cc1Br. The van der Waals surface area contributed by atoms with Gasteiger partial charge in [-0.15, -0.1) is 0 Å². The normalized spacial score (nSPS) is 10.6. The molecule has 2 aromatic rings. The highest BCUT2D eigenvalue weighted by atomic mass is 79.9. The van der Waals surface area contributed by atoms with Gasteiger partial charge >= 0.3 is 0 Å². The Balaban J connectivity index is 2.19. The predicted octanol–water partition coefficient (Wildman–Crippen LogP) is 5.87. The van der Waals surface area contributed by atoms with E-state index in [9.17, 15) is 8.78 Å². The van der Waals surface area contributed by atoms with Crippen molar-refractivity contribution >= 4 is 53.5 Å². The zero-order chi connectivity index (χ0) is 15.6. The fourth-order valence-electron chi connectivity index (χ4n) is 1.76. The molecule has 0 saturated carbocycles. The second-order valence-electron chi connectivity index (χ2n) is 4.19. The number of rotatable bonds is 4. The molecule has 2 rings (SSSR count). The molecular formula is C14H10Br3F2NO. The van der Waals surface area contributed by atoms with Crippen LogP contribution in [0.4, 0.5) is 14.5 Å². The fraction of sp³-hybridized carbons (Fsp3) is 0.143. The van der Waals surface area contributed by atoms with E-state index in [0.717, 1.165) is 26.6 Å². The van der Waals surface area contributed by atoms with Gasteiger partial charge in [-0.3, -0.25) is 0 Å². The minimum Gasteiger partial charge on any atom is -0.494 e. The van der Waals surface area contributed by atoms with Crippen LogP contribution in [0.5, 0.6) is 5.75 Å². The van der Waals surface area contributed by atoms with Crippen molar-refractivity contribution in [3.63, 3.8) is 0 Å². The summed E-state index contributed by atoms with van der Waals surface area (Å²) < 4.78 is 34.0. The molecule has 7 heteroatoms. The van der Waals surface area contributed by atoms with E-state index in [1.807, 2.05) is 12.1 Å². The van der Waals surface area contributed by atoms with Crippen LogP contribution in [0.1, 0.15) is 5.56 Å². The van der Waals surface area contributed by atoms with Crippen LogP contribution in [0.15, 0.2) is 37.7 Å². The largest absolute Gasteiger partial charge is 0.494 e. The quantitative estimate of drug-likeness (QED) is 0.547. The minimum absolute atomic E-state index is 0.0977. The highest BCUT2D eigenvalue weighted by molar-refractivity contribution is 9.11. The number of hydrogen-bond donors (Lipinski definition) is 1. The fourth-order valence-corrected chi connectivity index (χ4v) is 3.69. The van der Waals surface area contributed by atoms with E-state index in [4.69, 9.17) is 4.74 Å². The van der Waals surface area contributed by atoms with Gasteiger partial charge in [0.15, 0.2) is 0 Å². The number of methoxy groups -OCH3 is 1. The van der Waals surface area contributed by atoms with Gasteiger partial charge in [-0.05, 0) is 71.6 Å². The number of halogens is 5.